The average Bonchev–Trinajstić information content (AvgIpc) is 2.45. The van der Waals surface area contributed by atoms with Gasteiger partial charge in [-0.05, 0) is 12.5 Å². The van der Waals surface area contributed by atoms with Crippen molar-refractivity contribution in [1.29, 1.82) is 0 Å². The third kappa shape index (κ3) is 4.34. The van der Waals surface area contributed by atoms with Crippen molar-refractivity contribution in [2.45, 2.75) is 20.3 Å². The number of anilines is 1. The maximum absolute atomic E-state index is 11.0. The van der Waals surface area contributed by atoms with Crippen LogP contribution in [0.2, 0.25) is 0 Å². The summed E-state index contributed by atoms with van der Waals surface area (Å²) in [5.74, 6) is -0.993. The first-order valence-corrected chi connectivity index (χ1v) is 6.70. The van der Waals surface area contributed by atoms with Crippen LogP contribution in [0.5, 0.6) is 5.75 Å². The molecule has 0 aliphatic carbocycles. The van der Waals surface area contributed by atoms with Gasteiger partial charge in [0.05, 0.1) is 23.6 Å². The third-order valence-electron chi connectivity index (χ3n) is 3.12. The van der Waals surface area contributed by atoms with E-state index in [-0.39, 0.29) is 12.2 Å². The molecule has 1 N–H and O–H groups in total. The molecule has 1 aromatic rings. The molecular weight excluding hydrogens is 276 g/mol. The lowest BCUT2D eigenvalue weighted by Gasteiger charge is -2.27. The fourth-order valence-electron chi connectivity index (χ4n) is 2.03. The monoisotopic (exact) mass is 296 g/mol. The van der Waals surface area contributed by atoms with Crippen molar-refractivity contribution in [3.8, 4) is 5.75 Å². The number of carboxylic acids is 1. The van der Waals surface area contributed by atoms with E-state index in [0.29, 0.717) is 18.0 Å². The van der Waals surface area contributed by atoms with Gasteiger partial charge in [-0.15, -0.1) is 0 Å². The number of nitro benzene ring substituents is 1. The molecule has 0 bridgehead atoms. The van der Waals surface area contributed by atoms with Gasteiger partial charge in [-0.25, -0.2) is 0 Å². The Morgan fingerprint density at radius 1 is 1.52 bits per heavy atom. The van der Waals surface area contributed by atoms with Crippen LogP contribution in [-0.2, 0) is 4.79 Å². The van der Waals surface area contributed by atoms with Gasteiger partial charge in [0.25, 0.3) is 5.69 Å². The second-order valence-corrected chi connectivity index (χ2v) is 4.80. The summed E-state index contributed by atoms with van der Waals surface area (Å²) in [4.78, 5) is 23.3. The minimum atomic E-state index is -0.902. The van der Waals surface area contributed by atoms with E-state index >= 15 is 0 Å². The molecule has 0 saturated heterocycles. The van der Waals surface area contributed by atoms with Gasteiger partial charge < -0.3 is 14.7 Å². The first-order valence-electron chi connectivity index (χ1n) is 6.70. The summed E-state index contributed by atoms with van der Waals surface area (Å²) in [6.45, 7) is 4.42. The number of aliphatic carboxylic acids is 1. The van der Waals surface area contributed by atoms with Crippen LogP contribution in [0.1, 0.15) is 20.3 Å². The van der Waals surface area contributed by atoms with Crippen molar-refractivity contribution in [2.24, 2.45) is 5.92 Å². The van der Waals surface area contributed by atoms with Crippen LogP contribution in [0.25, 0.3) is 0 Å². The number of methoxy groups -OCH3 is 1. The molecule has 0 radical (unpaired) electrons. The summed E-state index contributed by atoms with van der Waals surface area (Å²) in [6.07, 6.45) is 0.790. The normalized spacial score (nSPS) is 11.8. The Kier molecular flexibility index (Phi) is 5.95. The Morgan fingerprint density at radius 3 is 2.67 bits per heavy atom. The molecule has 7 nitrogen and oxygen atoms in total. The number of nitro groups is 1. The number of benzene rings is 1. The summed E-state index contributed by atoms with van der Waals surface area (Å²) < 4.78 is 5.24. The molecule has 116 valence electrons. The highest BCUT2D eigenvalue weighted by atomic mass is 16.6. The topological polar surface area (TPSA) is 92.9 Å². The molecule has 0 aliphatic heterocycles. The molecular formula is C14H20N2O5. The van der Waals surface area contributed by atoms with Crippen molar-refractivity contribution >= 4 is 17.3 Å². The molecule has 1 atom stereocenters. The molecule has 0 aliphatic rings. The number of hydrogen-bond acceptors (Lipinski definition) is 5. The fourth-order valence-corrected chi connectivity index (χ4v) is 2.03. The highest BCUT2D eigenvalue weighted by molar-refractivity contribution is 5.71. The predicted molar refractivity (Wildman–Crippen MR) is 79.0 cm³/mol. The van der Waals surface area contributed by atoms with Crippen molar-refractivity contribution in [2.75, 3.05) is 25.1 Å². The van der Waals surface area contributed by atoms with E-state index in [9.17, 15) is 14.9 Å². The molecule has 21 heavy (non-hydrogen) atoms. The summed E-state index contributed by atoms with van der Waals surface area (Å²) in [5, 5.41) is 20.0. The maximum atomic E-state index is 11.0. The number of rotatable bonds is 8. The van der Waals surface area contributed by atoms with Crippen LogP contribution >= 0.6 is 0 Å². The Hall–Kier alpha value is -2.31. The summed E-state index contributed by atoms with van der Waals surface area (Å²) in [6, 6.07) is 4.32. The van der Waals surface area contributed by atoms with E-state index in [2.05, 4.69) is 0 Å². The summed E-state index contributed by atoms with van der Waals surface area (Å²) >= 11 is 0. The lowest BCUT2D eigenvalue weighted by atomic mass is 10.1. The lowest BCUT2D eigenvalue weighted by Crippen LogP contribution is -2.32. The summed E-state index contributed by atoms with van der Waals surface area (Å²) in [5.41, 5.74) is 0.497. The number of carbonyl (C=O) groups is 1. The van der Waals surface area contributed by atoms with Gasteiger partial charge in [0, 0.05) is 25.2 Å². The van der Waals surface area contributed by atoms with Gasteiger partial charge >= 0.3 is 5.97 Å². The van der Waals surface area contributed by atoms with Crippen molar-refractivity contribution in [3.63, 3.8) is 0 Å². The van der Waals surface area contributed by atoms with E-state index in [1.807, 2.05) is 11.8 Å². The van der Waals surface area contributed by atoms with E-state index in [4.69, 9.17) is 9.84 Å². The molecule has 0 spiro atoms. The Bertz CT molecular complexity index is 518. The summed E-state index contributed by atoms with van der Waals surface area (Å²) in [7, 11) is 1.48. The number of ether oxygens (including phenoxy) is 1. The second-order valence-electron chi connectivity index (χ2n) is 4.80. The van der Waals surface area contributed by atoms with Gasteiger partial charge in [0.1, 0.15) is 5.75 Å². The molecule has 1 rings (SSSR count). The molecule has 1 aromatic carbocycles. The van der Waals surface area contributed by atoms with E-state index in [0.717, 1.165) is 6.42 Å². The van der Waals surface area contributed by atoms with Crippen LogP contribution in [0.4, 0.5) is 11.4 Å². The van der Waals surface area contributed by atoms with Crippen LogP contribution in [-0.4, -0.2) is 36.2 Å². The Balaban J connectivity index is 3.18. The number of hydrogen-bond donors (Lipinski definition) is 1. The maximum Gasteiger partial charge on any atom is 0.308 e. The first-order chi connectivity index (χ1) is 9.90. The molecule has 7 heteroatoms. The standard InChI is InChI=1S/C14H20N2O5/c1-4-7-15(9-10(2)14(17)18)12-8-11(16(19)20)5-6-13(12)21-3/h5-6,8,10H,4,7,9H2,1-3H3,(H,17,18). The average molecular weight is 296 g/mol. The number of carboxylic acid groups (broad SMARTS) is 1. The zero-order chi connectivity index (χ0) is 16.0. The quantitative estimate of drug-likeness (QED) is 0.585. The van der Waals surface area contributed by atoms with Gasteiger partial charge in [0.2, 0.25) is 0 Å². The SMILES string of the molecule is CCCN(CC(C)C(=O)O)c1cc([N+](=O)[O-])ccc1OC. The zero-order valence-corrected chi connectivity index (χ0v) is 12.4. The highest BCUT2D eigenvalue weighted by Gasteiger charge is 2.21. The third-order valence-corrected chi connectivity index (χ3v) is 3.12. The van der Waals surface area contributed by atoms with Crippen LogP contribution < -0.4 is 9.64 Å². The number of non-ortho nitro benzene ring substituents is 1. The van der Waals surface area contributed by atoms with Gasteiger partial charge in [0.15, 0.2) is 0 Å². The minimum absolute atomic E-state index is 0.0464. The zero-order valence-electron chi connectivity index (χ0n) is 12.4. The first kappa shape index (κ1) is 16.7. The fraction of sp³-hybridized carbons (Fsp3) is 0.500. The van der Waals surface area contributed by atoms with E-state index in [1.54, 1.807) is 6.92 Å². The molecule has 0 saturated carbocycles. The second kappa shape index (κ2) is 7.47. The molecule has 0 aromatic heterocycles. The van der Waals surface area contributed by atoms with Gasteiger partial charge in [-0.3, -0.25) is 14.9 Å². The largest absolute Gasteiger partial charge is 0.495 e. The number of nitrogens with zero attached hydrogens (tertiary/aromatic N) is 2. The van der Waals surface area contributed by atoms with Crippen LogP contribution in [0.15, 0.2) is 18.2 Å². The van der Waals surface area contributed by atoms with Gasteiger partial charge in [-0.2, -0.15) is 0 Å². The van der Waals surface area contributed by atoms with Crippen molar-refractivity contribution in [1.82, 2.24) is 0 Å². The van der Waals surface area contributed by atoms with Gasteiger partial charge in [-0.1, -0.05) is 13.8 Å². The van der Waals surface area contributed by atoms with Crippen LogP contribution in [0, 0.1) is 16.0 Å². The molecule has 0 heterocycles. The van der Waals surface area contributed by atoms with E-state index < -0.39 is 16.8 Å². The highest BCUT2D eigenvalue weighted by Crippen LogP contribution is 2.32. The lowest BCUT2D eigenvalue weighted by molar-refractivity contribution is -0.384. The van der Waals surface area contributed by atoms with Crippen molar-refractivity contribution < 1.29 is 19.6 Å². The van der Waals surface area contributed by atoms with E-state index in [1.165, 1.54) is 25.3 Å². The molecule has 0 amide bonds. The minimum Gasteiger partial charge on any atom is -0.495 e. The smallest absolute Gasteiger partial charge is 0.308 e. The Labute approximate surface area is 123 Å². The van der Waals surface area contributed by atoms with Crippen LogP contribution in [0.3, 0.4) is 0 Å². The predicted octanol–water partition coefficient (Wildman–Crippen LogP) is 2.54. The molecule has 0 fully saturated rings. The Morgan fingerprint density at radius 2 is 2.19 bits per heavy atom. The molecule has 1 unspecified atom stereocenters. The van der Waals surface area contributed by atoms with Crippen molar-refractivity contribution in [3.05, 3.63) is 28.3 Å².